The van der Waals surface area contributed by atoms with Crippen molar-refractivity contribution >= 4 is 38.6 Å². The molecular formula is C31H22BrN3. The maximum Gasteiger partial charge on any atom is 0.137 e. The van der Waals surface area contributed by atoms with Gasteiger partial charge in [-0.25, -0.2) is 4.98 Å². The molecule has 0 atom stereocenters. The lowest BCUT2D eigenvalue weighted by molar-refractivity contribution is 1.19. The minimum Gasteiger partial charge on any atom is -0.310 e. The van der Waals surface area contributed by atoms with Crippen LogP contribution in [0.5, 0.6) is 0 Å². The Bertz CT molecular complexity index is 1590. The van der Waals surface area contributed by atoms with Crippen LogP contribution in [0, 0.1) is 0 Å². The quantitative estimate of drug-likeness (QED) is 0.228. The standard InChI is InChI=1S/C31H22BrN3/c32-25-17-19-27(20-18-25)35(26-13-5-2-6-14-26)28-15-9-12-24(22-28)30-31(23-10-3-1-4-11-23)34-21-8-7-16-29(34)33-30/h1-22H. The van der Waals surface area contributed by atoms with Gasteiger partial charge in [0.05, 0.1) is 11.4 Å². The maximum atomic E-state index is 5.06. The van der Waals surface area contributed by atoms with Crippen LogP contribution in [0.1, 0.15) is 0 Å². The summed E-state index contributed by atoms with van der Waals surface area (Å²) in [6.07, 6.45) is 2.08. The van der Waals surface area contributed by atoms with E-state index in [9.17, 15) is 0 Å². The summed E-state index contributed by atoms with van der Waals surface area (Å²) < 4.78 is 3.22. The van der Waals surface area contributed by atoms with Crippen molar-refractivity contribution in [3.8, 4) is 22.5 Å². The number of halogens is 1. The molecule has 0 aliphatic heterocycles. The van der Waals surface area contributed by atoms with E-state index in [1.54, 1.807) is 0 Å². The van der Waals surface area contributed by atoms with Gasteiger partial charge in [0.2, 0.25) is 0 Å². The Balaban J connectivity index is 1.54. The first-order valence-corrected chi connectivity index (χ1v) is 12.3. The zero-order valence-corrected chi connectivity index (χ0v) is 20.5. The Labute approximate surface area is 213 Å². The molecule has 6 rings (SSSR count). The molecule has 0 bridgehead atoms. The summed E-state index contributed by atoms with van der Waals surface area (Å²) in [5.74, 6) is 0. The third kappa shape index (κ3) is 4.13. The number of anilines is 3. The van der Waals surface area contributed by atoms with Crippen molar-refractivity contribution in [2.75, 3.05) is 4.90 Å². The molecular weight excluding hydrogens is 494 g/mol. The van der Waals surface area contributed by atoms with E-state index in [0.29, 0.717) is 0 Å². The molecule has 3 nitrogen and oxygen atoms in total. The second-order valence-corrected chi connectivity index (χ2v) is 9.22. The molecule has 6 aromatic rings. The van der Waals surface area contributed by atoms with Crippen molar-refractivity contribution in [3.05, 3.63) is 138 Å². The summed E-state index contributed by atoms with van der Waals surface area (Å²) in [4.78, 5) is 7.33. The van der Waals surface area contributed by atoms with Crippen molar-refractivity contribution < 1.29 is 0 Å². The van der Waals surface area contributed by atoms with Crippen LogP contribution >= 0.6 is 15.9 Å². The number of benzene rings is 4. The molecule has 2 aromatic heterocycles. The predicted octanol–water partition coefficient (Wildman–Crippen LogP) is 8.90. The summed E-state index contributed by atoms with van der Waals surface area (Å²) in [6, 6.07) is 44.1. The van der Waals surface area contributed by atoms with Gasteiger partial charge in [-0.3, -0.25) is 4.40 Å². The van der Waals surface area contributed by atoms with Gasteiger partial charge in [0.1, 0.15) is 5.65 Å². The SMILES string of the molecule is Brc1ccc(N(c2ccccc2)c2cccc(-c3nc4ccccn4c3-c3ccccc3)c2)cc1. The summed E-state index contributed by atoms with van der Waals surface area (Å²) >= 11 is 3.57. The van der Waals surface area contributed by atoms with E-state index in [1.165, 1.54) is 0 Å². The average Bonchev–Trinajstić information content (AvgIpc) is 3.31. The topological polar surface area (TPSA) is 20.5 Å². The minimum absolute atomic E-state index is 0.930. The second-order valence-electron chi connectivity index (χ2n) is 8.30. The van der Waals surface area contributed by atoms with Gasteiger partial charge in [-0.2, -0.15) is 0 Å². The number of fused-ring (bicyclic) bond motifs is 1. The lowest BCUT2D eigenvalue weighted by Gasteiger charge is -2.26. The Morgan fingerprint density at radius 1 is 0.571 bits per heavy atom. The predicted molar refractivity (Wildman–Crippen MR) is 148 cm³/mol. The summed E-state index contributed by atoms with van der Waals surface area (Å²) in [5.41, 5.74) is 8.47. The van der Waals surface area contributed by atoms with E-state index in [-0.39, 0.29) is 0 Å². The first kappa shape index (κ1) is 21.4. The van der Waals surface area contributed by atoms with Gasteiger partial charge in [-0.1, -0.05) is 82.7 Å². The lowest BCUT2D eigenvalue weighted by Crippen LogP contribution is -2.09. The van der Waals surface area contributed by atoms with Gasteiger partial charge >= 0.3 is 0 Å². The molecule has 0 unspecified atom stereocenters. The monoisotopic (exact) mass is 515 g/mol. The van der Waals surface area contributed by atoms with Crippen LogP contribution in [-0.4, -0.2) is 9.38 Å². The van der Waals surface area contributed by atoms with Gasteiger partial charge in [-0.05, 0) is 60.7 Å². The molecule has 0 aliphatic carbocycles. The highest BCUT2D eigenvalue weighted by Gasteiger charge is 2.18. The highest BCUT2D eigenvalue weighted by molar-refractivity contribution is 9.10. The van der Waals surface area contributed by atoms with Crippen molar-refractivity contribution in [2.45, 2.75) is 0 Å². The zero-order valence-electron chi connectivity index (χ0n) is 18.9. The van der Waals surface area contributed by atoms with E-state index >= 15 is 0 Å². The zero-order chi connectivity index (χ0) is 23.6. The summed E-state index contributed by atoms with van der Waals surface area (Å²) in [7, 11) is 0. The average molecular weight is 516 g/mol. The van der Waals surface area contributed by atoms with E-state index in [4.69, 9.17) is 4.98 Å². The van der Waals surface area contributed by atoms with E-state index < -0.39 is 0 Å². The van der Waals surface area contributed by atoms with Crippen molar-refractivity contribution in [2.24, 2.45) is 0 Å². The summed E-state index contributed by atoms with van der Waals surface area (Å²) in [6.45, 7) is 0. The molecule has 0 fully saturated rings. The third-order valence-electron chi connectivity index (χ3n) is 6.05. The van der Waals surface area contributed by atoms with E-state index in [1.807, 2.05) is 24.3 Å². The number of hydrogen-bond donors (Lipinski definition) is 0. The fraction of sp³-hybridized carbons (Fsp3) is 0. The maximum absolute atomic E-state index is 5.06. The van der Waals surface area contributed by atoms with Gasteiger partial charge in [0.15, 0.2) is 0 Å². The third-order valence-corrected chi connectivity index (χ3v) is 6.58. The molecule has 0 spiro atoms. The van der Waals surface area contributed by atoms with Gasteiger partial charge in [-0.15, -0.1) is 0 Å². The number of rotatable bonds is 5. The highest BCUT2D eigenvalue weighted by Crippen LogP contribution is 2.39. The molecule has 4 aromatic carbocycles. The Morgan fingerprint density at radius 3 is 1.97 bits per heavy atom. The first-order chi connectivity index (χ1) is 17.3. The van der Waals surface area contributed by atoms with Crippen LogP contribution in [-0.2, 0) is 0 Å². The smallest absolute Gasteiger partial charge is 0.137 e. The number of aromatic nitrogens is 2. The van der Waals surface area contributed by atoms with Crippen LogP contribution in [0.3, 0.4) is 0 Å². The summed E-state index contributed by atoms with van der Waals surface area (Å²) in [5, 5.41) is 0. The molecule has 2 heterocycles. The van der Waals surface area contributed by atoms with Crippen LogP contribution in [0.25, 0.3) is 28.2 Å². The molecule has 0 amide bonds. The number of nitrogens with zero attached hydrogens (tertiary/aromatic N) is 3. The number of para-hydroxylation sites is 1. The number of imidazole rings is 1. The Morgan fingerprint density at radius 2 is 1.20 bits per heavy atom. The highest BCUT2D eigenvalue weighted by atomic mass is 79.9. The Kier molecular flexibility index (Phi) is 5.65. The normalized spacial score (nSPS) is 11.0. The Hall–Kier alpha value is -4.15. The fourth-order valence-corrected chi connectivity index (χ4v) is 4.74. The van der Waals surface area contributed by atoms with Crippen molar-refractivity contribution in [1.82, 2.24) is 9.38 Å². The van der Waals surface area contributed by atoms with Crippen molar-refractivity contribution in [1.29, 1.82) is 0 Å². The lowest BCUT2D eigenvalue weighted by atomic mass is 10.0. The molecule has 0 radical (unpaired) electrons. The fourth-order valence-electron chi connectivity index (χ4n) is 4.48. The van der Waals surface area contributed by atoms with Crippen LogP contribution in [0.15, 0.2) is 138 Å². The second kappa shape index (κ2) is 9.24. The molecule has 0 saturated carbocycles. The molecule has 0 aliphatic rings. The van der Waals surface area contributed by atoms with E-state index in [0.717, 1.165) is 49.7 Å². The van der Waals surface area contributed by atoms with Gasteiger partial charge < -0.3 is 4.90 Å². The molecule has 4 heteroatoms. The molecule has 0 N–H and O–H groups in total. The van der Waals surface area contributed by atoms with Crippen LogP contribution < -0.4 is 4.90 Å². The number of pyridine rings is 1. The first-order valence-electron chi connectivity index (χ1n) is 11.5. The number of hydrogen-bond acceptors (Lipinski definition) is 2. The van der Waals surface area contributed by atoms with Gasteiger partial charge in [0.25, 0.3) is 0 Å². The largest absolute Gasteiger partial charge is 0.310 e. The van der Waals surface area contributed by atoms with Gasteiger partial charge in [0, 0.05) is 38.9 Å². The van der Waals surface area contributed by atoms with Crippen molar-refractivity contribution in [3.63, 3.8) is 0 Å². The van der Waals surface area contributed by atoms with Crippen LogP contribution in [0.4, 0.5) is 17.1 Å². The molecule has 35 heavy (non-hydrogen) atoms. The van der Waals surface area contributed by atoms with E-state index in [2.05, 4.69) is 135 Å². The molecule has 168 valence electrons. The minimum atomic E-state index is 0.930. The van der Waals surface area contributed by atoms with Crippen LogP contribution in [0.2, 0.25) is 0 Å². The molecule has 0 saturated heterocycles.